The van der Waals surface area contributed by atoms with E-state index >= 15 is 0 Å². The van der Waals surface area contributed by atoms with Crippen molar-refractivity contribution in [3.05, 3.63) is 23.2 Å². The van der Waals surface area contributed by atoms with Crippen LogP contribution in [-0.4, -0.2) is 15.0 Å². The monoisotopic (exact) mass is 152 g/mol. The first kappa shape index (κ1) is 7.48. The number of methoxy groups -OCH3 is 1. The van der Waals surface area contributed by atoms with Gasteiger partial charge in [0.05, 0.1) is 7.11 Å². The fourth-order valence-electron chi connectivity index (χ4n) is 0.705. The van der Waals surface area contributed by atoms with E-state index in [0.717, 1.165) is 0 Å². The molecular formula is C7H6BClO. The summed E-state index contributed by atoms with van der Waals surface area (Å²) < 4.78 is 4.92. The number of halogens is 1. The van der Waals surface area contributed by atoms with Crippen molar-refractivity contribution in [3.8, 4) is 5.75 Å². The molecule has 0 heterocycles. The Morgan fingerprint density at radius 2 is 2.20 bits per heavy atom. The van der Waals surface area contributed by atoms with Gasteiger partial charge in [0.25, 0.3) is 0 Å². The number of ether oxygens (including phenoxy) is 1. The molecular weight excluding hydrogens is 146 g/mol. The van der Waals surface area contributed by atoms with E-state index in [-0.39, 0.29) is 0 Å². The summed E-state index contributed by atoms with van der Waals surface area (Å²) >= 11 is 5.64. The van der Waals surface area contributed by atoms with Crippen molar-refractivity contribution in [1.29, 1.82) is 0 Å². The van der Waals surface area contributed by atoms with Crippen LogP contribution in [0.3, 0.4) is 0 Å². The van der Waals surface area contributed by atoms with Crippen molar-refractivity contribution in [2.24, 2.45) is 0 Å². The first-order chi connectivity index (χ1) is 4.74. The molecule has 10 heavy (non-hydrogen) atoms. The van der Waals surface area contributed by atoms with Gasteiger partial charge in [-0.2, -0.15) is 0 Å². The van der Waals surface area contributed by atoms with Gasteiger partial charge in [0.1, 0.15) is 13.6 Å². The molecule has 0 saturated carbocycles. The summed E-state index contributed by atoms with van der Waals surface area (Å²) in [6, 6.07) is 5.12. The van der Waals surface area contributed by atoms with E-state index in [0.29, 0.717) is 16.2 Å². The standard InChI is InChI=1S/C7H6BClO/c1-10-7-3-2-5(9)4-6(7)8/h2-4H,1H3. The Hall–Kier alpha value is -0.625. The van der Waals surface area contributed by atoms with Crippen molar-refractivity contribution in [1.82, 2.24) is 0 Å². The molecule has 1 nitrogen and oxygen atoms in total. The maximum atomic E-state index is 5.64. The van der Waals surface area contributed by atoms with Crippen molar-refractivity contribution < 1.29 is 4.74 Å². The lowest BCUT2D eigenvalue weighted by molar-refractivity contribution is 0.418. The Kier molecular flexibility index (Phi) is 2.23. The molecule has 0 aliphatic heterocycles. The zero-order chi connectivity index (χ0) is 7.56. The summed E-state index contributed by atoms with van der Waals surface area (Å²) in [6.07, 6.45) is 0. The van der Waals surface area contributed by atoms with E-state index in [9.17, 15) is 0 Å². The molecule has 50 valence electrons. The molecule has 0 unspecified atom stereocenters. The summed E-state index contributed by atoms with van der Waals surface area (Å²) in [5.41, 5.74) is 0.565. The minimum Gasteiger partial charge on any atom is -0.497 e. The van der Waals surface area contributed by atoms with Gasteiger partial charge in [-0.15, -0.1) is 0 Å². The lowest BCUT2D eigenvalue weighted by atomic mass is 9.95. The van der Waals surface area contributed by atoms with Crippen LogP contribution in [0.1, 0.15) is 0 Å². The maximum Gasteiger partial charge on any atom is 0.119 e. The minimum atomic E-state index is 0.565. The predicted octanol–water partition coefficient (Wildman–Crippen LogP) is 1.14. The summed E-state index contributed by atoms with van der Waals surface area (Å²) in [4.78, 5) is 0. The molecule has 0 aliphatic rings. The molecule has 0 N–H and O–H groups in total. The minimum absolute atomic E-state index is 0.565. The van der Waals surface area contributed by atoms with E-state index in [1.165, 1.54) is 0 Å². The predicted molar refractivity (Wildman–Crippen MR) is 43.4 cm³/mol. The molecule has 2 radical (unpaired) electrons. The maximum absolute atomic E-state index is 5.64. The van der Waals surface area contributed by atoms with E-state index in [4.69, 9.17) is 24.2 Å². The largest absolute Gasteiger partial charge is 0.497 e. The van der Waals surface area contributed by atoms with E-state index in [2.05, 4.69) is 0 Å². The zero-order valence-corrected chi connectivity index (χ0v) is 6.35. The second-order valence-corrected chi connectivity index (χ2v) is 2.32. The van der Waals surface area contributed by atoms with Crippen molar-refractivity contribution in [2.45, 2.75) is 0 Å². The normalized spacial score (nSPS) is 9.40. The lowest BCUT2D eigenvalue weighted by Crippen LogP contribution is -2.05. The van der Waals surface area contributed by atoms with Gasteiger partial charge in [0.15, 0.2) is 0 Å². The number of rotatable bonds is 1. The smallest absolute Gasteiger partial charge is 0.119 e. The second kappa shape index (κ2) is 2.97. The first-order valence-electron chi connectivity index (χ1n) is 2.83. The van der Waals surface area contributed by atoms with Crippen molar-refractivity contribution in [2.75, 3.05) is 7.11 Å². The van der Waals surface area contributed by atoms with E-state index in [1.54, 1.807) is 25.3 Å². The topological polar surface area (TPSA) is 9.23 Å². The summed E-state index contributed by atoms with van der Waals surface area (Å²) in [6.45, 7) is 0. The van der Waals surface area contributed by atoms with Gasteiger partial charge in [-0.25, -0.2) is 0 Å². The Morgan fingerprint density at radius 3 is 2.70 bits per heavy atom. The Labute approximate surface area is 66.4 Å². The van der Waals surface area contributed by atoms with Crippen LogP contribution in [0.4, 0.5) is 0 Å². The third-order valence-corrected chi connectivity index (χ3v) is 1.43. The zero-order valence-electron chi connectivity index (χ0n) is 5.60. The summed E-state index contributed by atoms with van der Waals surface area (Å²) in [5, 5.41) is 0.623. The van der Waals surface area contributed by atoms with Gasteiger partial charge in [0.2, 0.25) is 0 Å². The molecule has 1 aromatic rings. The molecule has 0 bridgehead atoms. The van der Waals surface area contributed by atoms with Crippen LogP contribution in [0, 0.1) is 0 Å². The average molecular weight is 152 g/mol. The van der Waals surface area contributed by atoms with Gasteiger partial charge < -0.3 is 4.74 Å². The molecule has 0 amide bonds. The highest BCUT2D eigenvalue weighted by Crippen LogP contribution is 2.11. The molecule has 0 atom stereocenters. The molecule has 1 rings (SSSR count). The third-order valence-electron chi connectivity index (χ3n) is 1.19. The van der Waals surface area contributed by atoms with Gasteiger partial charge in [-0.3, -0.25) is 0 Å². The van der Waals surface area contributed by atoms with Gasteiger partial charge in [-0.05, 0) is 18.2 Å². The average Bonchev–Trinajstić information content (AvgIpc) is 1.88. The SMILES string of the molecule is [B]c1cc(Cl)ccc1OC. The first-order valence-corrected chi connectivity index (χ1v) is 3.21. The fraction of sp³-hybridized carbons (Fsp3) is 0.143. The second-order valence-electron chi connectivity index (χ2n) is 1.89. The van der Waals surface area contributed by atoms with Crippen LogP contribution in [0.25, 0.3) is 0 Å². The van der Waals surface area contributed by atoms with Gasteiger partial charge in [0, 0.05) is 5.02 Å². The van der Waals surface area contributed by atoms with Crippen molar-refractivity contribution in [3.63, 3.8) is 0 Å². The van der Waals surface area contributed by atoms with Crippen LogP contribution in [0.2, 0.25) is 5.02 Å². The Morgan fingerprint density at radius 1 is 1.50 bits per heavy atom. The number of hydrogen-bond donors (Lipinski definition) is 0. The molecule has 3 heteroatoms. The highest BCUT2D eigenvalue weighted by atomic mass is 35.5. The molecule has 0 saturated heterocycles. The van der Waals surface area contributed by atoms with Crippen LogP contribution >= 0.6 is 11.6 Å². The Balaban J connectivity index is 3.07. The van der Waals surface area contributed by atoms with Crippen LogP contribution in [0.5, 0.6) is 5.75 Å². The number of hydrogen-bond acceptors (Lipinski definition) is 1. The fourth-order valence-corrected chi connectivity index (χ4v) is 0.886. The van der Waals surface area contributed by atoms with Crippen LogP contribution in [-0.2, 0) is 0 Å². The lowest BCUT2D eigenvalue weighted by Gasteiger charge is -2.03. The van der Waals surface area contributed by atoms with Gasteiger partial charge >= 0.3 is 0 Å². The summed E-state index contributed by atoms with van der Waals surface area (Å²) in [5.74, 6) is 0.657. The Bertz CT molecular complexity index is 237. The molecule has 0 spiro atoms. The summed E-state index contributed by atoms with van der Waals surface area (Å²) in [7, 11) is 7.09. The molecule has 0 fully saturated rings. The van der Waals surface area contributed by atoms with Gasteiger partial charge in [-0.1, -0.05) is 17.1 Å². The molecule has 0 aliphatic carbocycles. The quantitative estimate of drug-likeness (QED) is 0.549. The molecule has 0 aromatic heterocycles. The highest BCUT2D eigenvalue weighted by molar-refractivity contribution is 6.37. The van der Waals surface area contributed by atoms with Crippen LogP contribution < -0.4 is 10.2 Å². The van der Waals surface area contributed by atoms with Crippen LogP contribution in [0.15, 0.2) is 18.2 Å². The highest BCUT2D eigenvalue weighted by Gasteiger charge is 1.95. The van der Waals surface area contributed by atoms with E-state index in [1.807, 2.05) is 0 Å². The number of benzene rings is 1. The van der Waals surface area contributed by atoms with E-state index < -0.39 is 0 Å². The molecule has 1 aromatic carbocycles. The van der Waals surface area contributed by atoms with Crippen molar-refractivity contribution >= 4 is 24.9 Å². The third kappa shape index (κ3) is 1.45.